The third-order valence-electron chi connectivity index (χ3n) is 2.70. The van der Waals surface area contributed by atoms with Crippen molar-refractivity contribution in [2.75, 3.05) is 5.73 Å². The van der Waals surface area contributed by atoms with Crippen molar-refractivity contribution in [3.63, 3.8) is 0 Å². The molecule has 1 aromatic rings. The number of imidazole rings is 1. The summed E-state index contributed by atoms with van der Waals surface area (Å²) in [4.78, 5) is 4.76. The highest BCUT2D eigenvalue weighted by Crippen LogP contribution is 2.32. The van der Waals surface area contributed by atoms with Gasteiger partial charge in [0, 0.05) is 17.4 Å². The second kappa shape index (κ2) is 4.21. The molecular weight excluding hydrogens is 210 g/mol. The standard InChI is InChI=1S/C14H25N3/c1-8-9-17-11(15)10(13(2,3)4)16-12(17)14(5,6)7/h8H,1,9,15H2,2-7H3. The Bertz CT molecular complexity index is 414. The second-order valence-corrected chi connectivity index (χ2v) is 6.57. The Kier molecular flexibility index (Phi) is 3.42. The molecule has 0 bridgehead atoms. The van der Waals surface area contributed by atoms with E-state index in [0.717, 1.165) is 17.3 Å². The van der Waals surface area contributed by atoms with E-state index in [9.17, 15) is 0 Å². The fourth-order valence-electron chi connectivity index (χ4n) is 1.90. The van der Waals surface area contributed by atoms with E-state index in [1.54, 1.807) is 0 Å². The first-order valence-corrected chi connectivity index (χ1v) is 6.07. The molecule has 96 valence electrons. The highest BCUT2D eigenvalue weighted by molar-refractivity contribution is 5.43. The van der Waals surface area contributed by atoms with Gasteiger partial charge in [0.25, 0.3) is 0 Å². The highest BCUT2D eigenvalue weighted by atomic mass is 15.2. The van der Waals surface area contributed by atoms with Gasteiger partial charge in [0.1, 0.15) is 11.6 Å². The molecule has 0 spiro atoms. The molecule has 1 rings (SSSR count). The number of rotatable bonds is 2. The summed E-state index contributed by atoms with van der Waals surface area (Å²) in [6.07, 6.45) is 1.86. The number of hydrogen-bond donors (Lipinski definition) is 1. The second-order valence-electron chi connectivity index (χ2n) is 6.57. The Balaban J connectivity index is 3.46. The molecule has 0 aliphatic carbocycles. The van der Waals surface area contributed by atoms with E-state index in [0.29, 0.717) is 6.54 Å². The molecular formula is C14H25N3. The minimum Gasteiger partial charge on any atom is -0.384 e. The van der Waals surface area contributed by atoms with Gasteiger partial charge in [0.15, 0.2) is 0 Å². The van der Waals surface area contributed by atoms with Gasteiger partial charge in [0.2, 0.25) is 0 Å². The molecule has 3 heteroatoms. The number of hydrogen-bond acceptors (Lipinski definition) is 2. The van der Waals surface area contributed by atoms with Crippen molar-refractivity contribution < 1.29 is 0 Å². The van der Waals surface area contributed by atoms with Crippen molar-refractivity contribution in [1.29, 1.82) is 0 Å². The summed E-state index contributed by atoms with van der Waals surface area (Å²) in [5.41, 5.74) is 7.16. The van der Waals surface area contributed by atoms with Crippen LogP contribution in [0.1, 0.15) is 53.1 Å². The lowest BCUT2D eigenvalue weighted by Gasteiger charge is -2.19. The van der Waals surface area contributed by atoms with Gasteiger partial charge in [-0.25, -0.2) is 4.98 Å². The zero-order valence-electron chi connectivity index (χ0n) is 12.0. The summed E-state index contributed by atoms with van der Waals surface area (Å²) < 4.78 is 2.06. The fraction of sp³-hybridized carbons (Fsp3) is 0.643. The normalized spacial score (nSPS) is 12.8. The molecule has 17 heavy (non-hydrogen) atoms. The molecule has 3 nitrogen and oxygen atoms in total. The molecule has 0 aliphatic rings. The monoisotopic (exact) mass is 235 g/mol. The van der Waals surface area contributed by atoms with Crippen LogP contribution < -0.4 is 5.73 Å². The van der Waals surface area contributed by atoms with E-state index in [1.807, 2.05) is 6.08 Å². The molecule has 1 heterocycles. The van der Waals surface area contributed by atoms with Gasteiger partial charge in [-0.2, -0.15) is 0 Å². The van der Waals surface area contributed by atoms with Gasteiger partial charge < -0.3 is 10.3 Å². The number of anilines is 1. The van der Waals surface area contributed by atoms with Crippen LogP contribution in [0.5, 0.6) is 0 Å². The molecule has 0 fully saturated rings. The molecule has 2 N–H and O–H groups in total. The average Bonchev–Trinajstić information content (AvgIpc) is 2.43. The third-order valence-corrected chi connectivity index (χ3v) is 2.70. The lowest BCUT2D eigenvalue weighted by Crippen LogP contribution is -2.19. The predicted octanol–water partition coefficient (Wildman–Crippen LogP) is 3.25. The zero-order chi connectivity index (χ0) is 13.4. The molecule has 0 saturated carbocycles. The van der Waals surface area contributed by atoms with Crippen LogP contribution in [-0.2, 0) is 17.4 Å². The number of allylic oxidation sites excluding steroid dienone is 1. The zero-order valence-corrected chi connectivity index (χ0v) is 12.0. The number of aromatic nitrogens is 2. The Morgan fingerprint density at radius 3 is 2.06 bits per heavy atom. The van der Waals surface area contributed by atoms with Crippen molar-refractivity contribution in [2.45, 2.75) is 58.9 Å². The van der Waals surface area contributed by atoms with Crippen LogP contribution in [0.15, 0.2) is 12.7 Å². The Labute approximate surface area is 105 Å². The number of nitrogen functional groups attached to an aromatic ring is 1. The lowest BCUT2D eigenvalue weighted by atomic mass is 9.92. The highest BCUT2D eigenvalue weighted by Gasteiger charge is 2.29. The summed E-state index contributed by atoms with van der Waals surface area (Å²) in [5, 5.41) is 0. The first kappa shape index (κ1) is 13.8. The summed E-state index contributed by atoms with van der Waals surface area (Å²) in [5.74, 6) is 1.79. The minimum atomic E-state index is -0.0312. The first-order valence-electron chi connectivity index (χ1n) is 6.07. The topological polar surface area (TPSA) is 43.8 Å². The van der Waals surface area contributed by atoms with Crippen LogP contribution >= 0.6 is 0 Å². The number of nitrogens with two attached hydrogens (primary N) is 1. The van der Waals surface area contributed by atoms with Gasteiger partial charge in [0.05, 0.1) is 5.69 Å². The molecule has 0 amide bonds. The smallest absolute Gasteiger partial charge is 0.127 e. The Hall–Kier alpha value is -1.25. The van der Waals surface area contributed by atoms with Crippen molar-refractivity contribution in [2.24, 2.45) is 0 Å². The molecule has 0 saturated heterocycles. The van der Waals surface area contributed by atoms with Crippen LogP contribution in [0.25, 0.3) is 0 Å². The molecule has 0 radical (unpaired) electrons. The maximum absolute atomic E-state index is 6.23. The van der Waals surface area contributed by atoms with E-state index in [-0.39, 0.29) is 10.8 Å². The van der Waals surface area contributed by atoms with E-state index in [4.69, 9.17) is 10.7 Å². The van der Waals surface area contributed by atoms with Crippen molar-refractivity contribution in [1.82, 2.24) is 9.55 Å². The Morgan fingerprint density at radius 2 is 1.71 bits per heavy atom. The van der Waals surface area contributed by atoms with E-state index in [2.05, 4.69) is 52.7 Å². The Morgan fingerprint density at radius 1 is 1.18 bits per heavy atom. The molecule has 1 aromatic heterocycles. The van der Waals surface area contributed by atoms with Crippen molar-refractivity contribution in [3.05, 3.63) is 24.2 Å². The van der Waals surface area contributed by atoms with Crippen molar-refractivity contribution in [3.8, 4) is 0 Å². The van der Waals surface area contributed by atoms with Crippen LogP contribution in [0.2, 0.25) is 0 Å². The summed E-state index contributed by atoms with van der Waals surface area (Å²) in [6.45, 7) is 17.4. The number of nitrogens with zero attached hydrogens (tertiary/aromatic N) is 2. The molecule has 0 atom stereocenters. The third kappa shape index (κ3) is 2.71. The largest absolute Gasteiger partial charge is 0.384 e. The summed E-state index contributed by atoms with van der Waals surface area (Å²) >= 11 is 0. The van der Waals surface area contributed by atoms with Crippen LogP contribution in [0.4, 0.5) is 5.82 Å². The predicted molar refractivity (Wildman–Crippen MR) is 74.2 cm³/mol. The average molecular weight is 235 g/mol. The van der Waals surface area contributed by atoms with Crippen LogP contribution in [0.3, 0.4) is 0 Å². The molecule has 0 aliphatic heterocycles. The van der Waals surface area contributed by atoms with E-state index >= 15 is 0 Å². The van der Waals surface area contributed by atoms with Gasteiger partial charge in [-0.1, -0.05) is 47.6 Å². The summed E-state index contributed by atoms with van der Waals surface area (Å²) in [6, 6.07) is 0. The van der Waals surface area contributed by atoms with Crippen LogP contribution in [0, 0.1) is 0 Å². The van der Waals surface area contributed by atoms with Crippen LogP contribution in [-0.4, -0.2) is 9.55 Å². The first-order chi connectivity index (χ1) is 7.59. The van der Waals surface area contributed by atoms with E-state index in [1.165, 1.54) is 0 Å². The van der Waals surface area contributed by atoms with E-state index < -0.39 is 0 Å². The van der Waals surface area contributed by atoms with Crippen molar-refractivity contribution >= 4 is 5.82 Å². The van der Waals surface area contributed by atoms with Gasteiger partial charge in [-0.15, -0.1) is 6.58 Å². The molecule has 0 aromatic carbocycles. The van der Waals surface area contributed by atoms with Gasteiger partial charge in [-0.05, 0) is 0 Å². The summed E-state index contributed by atoms with van der Waals surface area (Å²) in [7, 11) is 0. The fourth-order valence-corrected chi connectivity index (χ4v) is 1.90. The minimum absolute atomic E-state index is 0.0133. The van der Waals surface area contributed by atoms with Gasteiger partial charge >= 0.3 is 0 Å². The molecule has 0 unspecified atom stereocenters. The maximum atomic E-state index is 6.23. The van der Waals surface area contributed by atoms with Gasteiger partial charge in [-0.3, -0.25) is 0 Å². The SMILES string of the molecule is C=CCn1c(C(C)(C)C)nc(C(C)(C)C)c1N. The quantitative estimate of drug-likeness (QED) is 0.800. The maximum Gasteiger partial charge on any atom is 0.127 e. The lowest BCUT2D eigenvalue weighted by molar-refractivity contribution is 0.510.